The molecule has 0 radical (unpaired) electrons. The monoisotopic (exact) mass is 350 g/mol. The quantitative estimate of drug-likeness (QED) is 0.309. The minimum Gasteiger partial charge on any atom is -0.461 e. The van der Waals surface area contributed by atoms with Crippen LogP contribution in [0.5, 0.6) is 0 Å². The van der Waals surface area contributed by atoms with Gasteiger partial charge >= 0.3 is 11.6 Å². The summed E-state index contributed by atoms with van der Waals surface area (Å²) >= 11 is 5.35. The van der Waals surface area contributed by atoms with Gasteiger partial charge in [0.05, 0.1) is 0 Å². The second-order valence-electron chi connectivity index (χ2n) is 5.56. The van der Waals surface area contributed by atoms with Crippen molar-refractivity contribution in [2.45, 2.75) is 45.6 Å². The first kappa shape index (κ1) is 18.2. The fourth-order valence-corrected chi connectivity index (χ4v) is 2.46. The molecule has 1 aromatic carbocycles. The van der Waals surface area contributed by atoms with Gasteiger partial charge in [0.2, 0.25) is 0 Å². The molecule has 0 fully saturated rings. The molecule has 6 heteroatoms. The standard InChI is InChI=1S/C18H19ClO5/c1-2-3-4-5-6-16(20)23-11-12-7-8-15-13(9-12)10-14(17(19)21)18(22)24-15/h7-10H,2-6,11H2,1H3. The lowest BCUT2D eigenvalue weighted by Gasteiger charge is -2.06. The third-order valence-corrected chi connectivity index (χ3v) is 3.85. The molecule has 1 heterocycles. The van der Waals surface area contributed by atoms with E-state index in [9.17, 15) is 14.4 Å². The zero-order chi connectivity index (χ0) is 17.5. The van der Waals surface area contributed by atoms with E-state index in [2.05, 4.69) is 6.92 Å². The van der Waals surface area contributed by atoms with Gasteiger partial charge in [-0.2, -0.15) is 0 Å². The summed E-state index contributed by atoms with van der Waals surface area (Å²) in [5.41, 5.74) is 0.102. The van der Waals surface area contributed by atoms with Crippen LogP contribution < -0.4 is 5.63 Å². The largest absolute Gasteiger partial charge is 0.461 e. The highest BCUT2D eigenvalue weighted by atomic mass is 35.5. The van der Waals surface area contributed by atoms with Crippen LogP contribution >= 0.6 is 11.6 Å². The molecule has 0 spiro atoms. The zero-order valence-electron chi connectivity index (χ0n) is 13.5. The number of carbonyl (C=O) groups is 2. The van der Waals surface area contributed by atoms with E-state index in [1.54, 1.807) is 18.2 Å². The van der Waals surface area contributed by atoms with Crippen molar-refractivity contribution in [3.05, 3.63) is 45.8 Å². The van der Waals surface area contributed by atoms with Crippen LogP contribution in [0, 0.1) is 0 Å². The molecular formula is C18H19ClO5. The van der Waals surface area contributed by atoms with Gasteiger partial charge in [-0.25, -0.2) is 4.79 Å². The Hall–Kier alpha value is -2.14. The summed E-state index contributed by atoms with van der Waals surface area (Å²) in [7, 11) is 0. The first-order valence-electron chi connectivity index (χ1n) is 7.93. The van der Waals surface area contributed by atoms with Gasteiger partial charge < -0.3 is 9.15 Å². The second-order valence-corrected chi connectivity index (χ2v) is 5.91. The summed E-state index contributed by atoms with van der Waals surface area (Å²) < 4.78 is 10.3. The maximum absolute atomic E-state index is 11.7. The number of halogens is 1. The SMILES string of the molecule is CCCCCCC(=O)OCc1ccc2oc(=O)c(C(=O)Cl)cc2c1. The van der Waals surface area contributed by atoms with Crippen LogP contribution in [0.4, 0.5) is 0 Å². The molecule has 0 aliphatic heterocycles. The average Bonchev–Trinajstić information content (AvgIpc) is 2.56. The Kier molecular flexibility index (Phi) is 6.55. The molecule has 0 N–H and O–H groups in total. The molecule has 2 aromatic rings. The summed E-state index contributed by atoms with van der Waals surface area (Å²) in [6, 6.07) is 6.39. The summed E-state index contributed by atoms with van der Waals surface area (Å²) in [5, 5.41) is -0.315. The van der Waals surface area contributed by atoms with E-state index in [-0.39, 0.29) is 18.1 Å². The molecule has 0 atom stereocenters. The maximum atomic E-state index is 11.7. The number of fused-ring (bicyclic) bond motifs is 1. The van der Waals surface area contributed by atoms with Crippen molar-refractivity contribution < 1.29 is 18.7 Å². The predicted molar refractivity (Wildman–Crippen MR) is 91.2 cm³/mol. The Morgan fingerprint density at radius 1 is 1.17 bits per heavy atom. The normalized spacial score (nSPS) is 10.8. The minimum absolute atomic E-state index is 0.131. The molecule has 5 nitrogen and oxygen atoms in total. The van der Waals surface area contributed by atoms with Gasteiger partial charge in [-0.1, -0.05) is 32.3 Å². The van der Waals surface area contributed by atoms with E-state index >= 15 is 0 Å². The van der Waals surface area contributed by atoms with E-state index in [1.807, 2.05) is 0 Å². The molecular weight excluding hydrogens is 332 g/mol. The second kappa shape index (κ2) is 8.64. The molecule has 0 aliphatic rings. The van der Waals surface area contributed by atoms with Crippen molar-refractivity contribution in [3.63, 3.8) is 0 Å². The van der Waals surface area contributed by atoms with Gasteiger partial charge in [0.25, 0.3) is 5.24 Å². The van der Waals surface area contributed by atoms with Crippen LogP contribution in [0.2, 0.25) is 0 Å². The zero-order valence-corrected chi connectivity index (χ0v) is 14.2. The Morgan fingerprint density at radius 2 is 1.96 bits per heavy atom. The molecule has 0 saturated carbocycles. The highest BCUT2D eigenvalue weighted by molar-refractivity contribution is 6.67. The topological polar surface area (TPSA) is 73.6 Å². The van der Waals surface area contributed by atoms with Gasteiger partial charge in [0.1, 0.15) is 17.8 Å². The lowest BCUT2D eigenvalue weighted by atomic mass is 10.1. The van der Waals surface area contributed by atoms with E-state index in [4.69, 9.17) is 20.8 Å². The number of rotatable bonds is 8. The number of unbranched alkanes of at least 4 members (excludes halogenated alkanes) is 3. The molecule has 0 bridgehead atoms. The lowest BCUT2D eigenvalue weighted by molar-refractivity contribution is -0.145. The highest BCUT2D eigenvalue weighted by Gasteiger charge is 2.12. The van der Waals surface area contributed by atoms with Gasteiger partial charge in [-0.15, -0.1) is 0 Å². The average molecular weight is 351 g/mol. The van der Waals surface area contributed by atoms with Crippen LogP contribution in [-0.4, -0.2) is 11.2 Å². The van der Waals surface area contributed by atoms with Crippen LogP contribution in [0.3, 0.4) is 0 Å². The molecule has 0 amide bonds. The van der Waals surface area contributed by atoms with Crippen molar-refractivity contribution in [3.8, 4) is 0 Å². The van der Waals surface area contributed by atoms with Gasteiger partial charge in [0.15, 0.2) is 0 Å². The number of carbonyl (C=O) groups excluding carboxylic acids is 2. The van der Waals surface area contributed by atoms with E-state index in [1.165, 1.54) is 6.07 Å². The third kappa shape index (κ3) is 4.93. The van der Waals surface area contributed by atoms with E-state index in [0.717, 1.165) is 31.2 Å². The predicted octanol–water partition coefficient (Wildman–Crippen LogP) is 4.19. The number of ether oxygens (including phenoxy) is 1. The smallest absolute Gasteiger partial charge is 0.348 e. The van der Waals surface area contributed by atoms with Gasteiger partial charge in [0, 0.05) is 11.8 Å². The Labute approximate surface area is 144 Å². The number of hydrogen-bond acceptors (Lipinski definition) is 5. The fourth-order valence-electron chi connectivity index (χ4n) is 2.33. The maximum Gasteiger partial charge on any atom is 0.348 e. The first-order valence-corrected chi connectivity index (χ1v) is 8.31. The van der Waals surface area contributed by atoms with Crippen molar-refractivity contribution in [1.82, 2.24) is 0 Å². The van der Waals surface area contributed by atoms with Crippen molar-refractivity contribution in [2.75, 3.05) is 0 Å². The van der Waals surface area contributed by atoms with Crippen LogP contribution in [0.15, 0.2) is 33.5 Å². The summed E-state index contributed by atoms with van der Waals surface area (Å²) in [5.74, 6) is -0.234. The lowest BCUT2D eigenvalue weighted by Crippen LogP contribution is -2.09. The molecule has 128 valence electrons. The summed E-state index contributed by atoms with van der Waals surface area (Å²) in [6.07, 6.45) is 4.50. The first-order chi connectivity index (χ1) is 11.5. The fraction of sp³-hybridized carbons (Fsp3) is 0.389. The van der Waals surface area contributed by atoms with Crippen molar-refractivity contribution in [1.29, 1.82) is 0 Å². The summed E-state index contributed by atoms with van der Waals surface area (Å²) in [4.78, 5) is 34.5. The minimum atomic E-state index is -0.866. The highest BCUT2D eigenvalue weighted by Crippen LogP contribution is 2.17. The van der Waals surface area contributed by atoms with E-state index in [0.29, 0.717) is 17.4 Å². The van der Waals surface area contributed by atoms with Crippen LogP contribution in [-0.2, 0) is 16.1 Å². The number of benzene rings is 1. The van der Waals surface area contributed by atoms with Crippen LogP contribution in [0.1, 0.15) is 54.9 Å². The molecule has 24 heavy (non-hydrogen) atoms. The Balaban J connectivity index is 2.02. The number of hydrogen-bond donors (Lipinski definition) is 0. The van der Waals surface area contributed by atoms with Crippen molar-refractivity contribution in [2.24, 2.45) is 0 Å². The van der Waals surface area contributed by atoms with Crippen molar-refractivity contribution >= 4 is 33.8 Å². The number of esters is 1. The van der Waals surface area contributed by atoms with Gasteiger partial charge in [-0.3, -0.25) is 9.59 Å². The summed E-state index contributed by atoms with van der Waals surface area (Å²) in [6.45, 7) is 2.25. The molecule has 0 saturated heterocycles. The van der Waals surface area contributed by atoms with E-state index < -0.39 is 10.9 Å². The molecule has 1 aromatic heterocycles. The third-order valence-electron chi connectivity index (χ3n) is 3.64. The Bertz CT molecular complexity index is 794. The van der Waals surface area contributed by atoms with Gasteiger partial charge in [-0.05, 0) is 41.8 Å². The molecule has 2 rings (SSSR count). The Morgan fingerprint density at radius 3 is 2.67 bits per heavy atom. The molecule has 0 aliphatic carbocycles. The molecule has 0 unspecified atom stereocenters. The van der Waals surface area contributed by atoms with Crippen LogP contribution in [0.25, 0.3) is 11.0 Å².